The Labute approximate surface area is 194 Å². The number of carbonyl (C=O) groups is 2. The van der Waals surface area contributed by atoms with Crippen molar-refractivity contribution in [2.24, 2.45) is 0 Å². The van der Waals surface area contributed by atoms with Crippen molar-refractivity contribution in [1.29, 1.82) is 0 Å². The summed E-state index contributed by atoms with van der Waals surface area (Å²) < 4.78 is 9.19. The molecule has 34 heavy (non-hydrogen) atoms. The number of fused-ring (bicyclic) bond motifs is 1. The van der Waals surface area contributed by atoms with Crippen LogP contribution in [0.1, 0.15) is 18.9 Å². The number of carbonyl (C=O) groups excluding carboxylic acids is 1. The summed E-state index contributed by atoms with van der Waals surface area (Å²) in [5, 5.41) is 13.8. The SMILES string of the molecule is O=C(O)C(=O)N1CCCC(n2c3c(n(-c4ccc(Oc5ccccc5)cc4)c2=O)=CNCC=3)C1. The monoisotopic (exact) mass is 460 g/mol. The Morgan fingerprint density at radius 1 is 1.00 bits per heavy atom. The van der Waals surface area contributed by atoms with Crippen LogP contribution in [-0.4, -0.2) is 50.7 Å². The summed E-state index contributed by atoms with van der Waals surface area (Å²) in [6.07, 6.45) is 5.07. The fourth-order valence-electron chi connectivity index (χ4n) is 4.58. The van der Waals surface area contributed by atoms with E-state index in [0.717, 1.165) is 16.4 Å². The number of para-hydroxylation sites is 1. The molecule has 1 aromatic heterocycles. The van der Waals surface area contributed by atoms with Gasteiger partial charge in [0.1, 0.15) is 11.5 Å². The molecule has 9 nitrogen and oxygen atoms in total. The van der Waals surface area contributed by atoms with Gasteiger partial charge in [-0.2, -0.15) is 0 Å². The van der Waals surface area contributed by atoms with Crippen molar-refractivity contribution < 1.29 is 19.4 Å². The van der Waals surface area contributed by atoms with E-state index in [1.54, 1.807) is 9.13 Å². The minimum absolute atomic E-state index is 0.187. The molecule has 9 heteroatoms. The molecule has 0 spiro atoms. The third-order valence-electron chi connectivity index (χ3n) is 6.12. The number of aliphatic carboxylic acids is 1. The standard InChI is InChI=1S/C25H24N4O5/c30-23(24(31)32)27-14-4-5-18(16-27)29-21-12-13-26-15-22(21)28(25(29)33)17-8-10-20(11-9-17)34-19-6-2-1-3-7-19/h1-3,6-12,15,18,26H,4-5,13-14,16H2,(H,31,32). The number of nitrogens with zero attached hydrogens (tertiary/aromatic N) is 3. The number of likely N-dealkylation sites (tertiary alicyclic amines) is 1. The number of ether oxygens (including phenoxy) is 1. The van der Waals surface area contributed by atoms with Crippen LogP contribution in [-0.2, 0) is 9.59 Å². The number of hydrogen-bond donors (Lipinski definition) is 2. The smallest absolute Gasteiger partial charge is 0.394 e. The van der Waals surface area contributed by atoms with E-state index in [1.807, 2.05) is 66.9 Å². The van der Waals surface area contributed by atoms with Gasteiger partial charge in [0.2, 0.25) is 0 Å². The largest absolute Gasteiger partial charge is 0.474 e. The van der Waals surface area contributed by atoms with E-state index < -0.39 is 11.9 Å². The predicted molar refractivity (Wildman–Crippen MR) is 125 cm³/mol. The lowest BCUT2D eigenvalue weighted by atomic mass is 10.1. The molecular weight excluding hydrogens is 436 g/mol. The first kappa shape index (κ1) is 21.6. The van der Waals surface area contributed by atoms with Gasteiger partial charge in [-0.1, -0.05) is 18.2 Å². The zero-order valence-electron chi connectivity index (χ0n) is 18.4. The number of rotatable bonds is 4. The van der Waals surface area contributed by atoms with Crippen LogP contribution in [0.5, 0.6) is 11.5 Å². The van der Waals surface area contributed by atoms with Crippen molar-refractivity contribution in [2.75, 3.05) is 19.6 Å². The summed E-state index contributed by atoms with van der Waals surface area (Å²) in [7, 11) is 0. The molecule has 1 amide bonds. The van der Waals surface area contributed by atoms with E-state index >= 15 is 0 Å². The number of imidazole rings is 1. The Kier molecular flexibility index (Phi) is 5.67. The quantitative estimate of drug-likeness (QED) is 0.558. The summed E-state index contributed by atoms with van der Waals surface area (Å²) in [6.45, 7) is 1.14. The van der Waals surface area contributed by atoms with Crippen molar-refractivity contribution in [2.45, 2.75) is 18.9 Å². The first-order valence-electron chi connectivity index (χ1n) is 11.2. The Bertz CT molecular complexity index is 1410. The van der Waals surface area contributed by atoms with E-state index in [9.17, 15) is 14.4 Å². The molecule has 2 N–H and O–H groups in total. The molecule has 3 heterocycles. The Morgan fingerprint density at radius 3 is 2.47 bits per heavy atom. The predicted octanol–water partition coefficient (Wildman–Crippen LogP) is 0.801. The van der Waals surface area contributed by atoms with Gasteiger partial charge in [0.25, 0.3) is 0 Å². The van der Waals surface area contributed by atoms with Gasteiger partial charge < -0.3 is 20.1 Å². The van der Waals surface area contributed by atoms with E-state index in [-0.39, 0.29) is 18.3 Å². The lowest BCUT2D eigenvalue weighted by Crippen LogP contribution is -2.48. The molecule has 1 atom stereocenters. The van der Waals surface area contributed by atoms with Crippen LogP contribution in [0.15, 0.2) is 59.4 Å². The first-order valence-corrected chi connectivity index (χ1v) is 11.2. The van der Waals surface area contributed by atoms with E-state index in [4.69, 9.17) is 9.84 Å². The Morgan fingerprint density at radius 2 is 1.74 bits per heavy atom. The maximum Gasteiger partial charge on any atom is 0.394 e. The fourth-order valence-corrected chi connectivity index (χ4v) is 4.58. The van der Waals surface area contributed by atoms with Crippen LogP contribution >= 0.6 is 0 Å². The third-order valence-corrected chi connectivity index (χ3v) is 6.12. The number of amides is 1. The molecule has 2 aromatic carbocycles. The van der Waals surface area contributed by atoms with Crippen LogP contribution in [0.2, 0.25) is 0 Å². The minimum atomic E-state index is -1.48. The maximum atomic E-state index is 13.6. The number of carboxylic acids is 1. The minimum Gasteiger partial charge on any atom is -0.474 e. The zero-order chi connectivity index (χ0) is 23.7. The fraction of sp³-hybridized carbons (Fsp3) is 0.240. The van der Waals surface area contributed by atoms with E-state index in [0.29, 0.717) is 37.4 Å². The van der Waals surface area contributed by atoms with Gasteiger partial charge in [-0.3, -0.25) is 13.9 Å². The number of carboxylic acid groups (broad SMARTS) is 1. The molecule has 0 aliphatic carbocycles. The number of piperidine rings is 1. The lowest BCUT2D eigenvalue weighted by molar-refractivity contribution is -0.156. The maximum absolute atomic E-state index is 13.6. The molecule has 1 fully saturated rings. The van der Waals surface area contributed by atoms with Gasteiger partial charge in [0.15, 0.2) is 0 Å². The number of hydrogen-bond acceptors (Lipinski definition) is 5. The molecule has 0 bridgehead atoms. The van der Waals surface area contributed by atoms with Crippen molar-refractivity contribution >= 4 is 24.2 Å². The van der Waals surface area contributed by atoms with Crippen LogP contribution in [0.4, 0.5) is 0 Å². The average molecular weight is 460 g/mol. The molecule has 2 aliphatic rings. The van der Waals surface area contributed by atoms with E-state index in [1.165, 1.54) is 4.90 Å². The summed E-state index contributed by atoms with van der Waals surface area (Å²) in [5.41, 5.74) is 0.454. The summed E-state index contributed by atoms with van der Waals surface area (Å²) in [5.74, 6) is -1.03. The summed E-state index contributed by atoms with van der Waals surface area (Å²) in [6, 6.07) is 16.4. The second kappa shape index (κ2) is 8.93. The van der Waals surface area contributed by atoms with E-state index in [2.05, 4.69) is 5.32 Å². The lowest BCUT2D eigenvalue weighted by Gasteiger charge is -2.32. The average Bonchev–Trinajstić information content (AvgIpc) is 3.16. The zero-order valence-corrected chi connectivity index (χ0v) is 18.4. The number of benzene rings is 2. The van der Waals surface area contributed by atoms with Gasteiger partial charge in [0.05, 0.1) is 22.4 Å². The first-order chi connectivity index (χ1) is 16.5. The topological polar surface area (TPSA) is 106 Å². The molecular formula is C25H24N4O5. The highest BCUT2D eigenvalue weighted by atomic mass is 16.5. The Balaban J connectivity index is 1.51. The van der Waals surface area contributed by atoms with Gasteiger partial charge in [0, 0.05) is 25.8 Å². The molecule has 1 saturated heterocycles. The highest BCUT2D eigenvalue weighted by Crippen LogP contribution is 2.22. The second-order valence-electron chi connectivity index (χ2n) is 8.28. The van der Waals surface area contributed by atoms with Gasteiger partial charge in [-0.05, 0) is 55.3 Å². The molecule has 5 rings (SSSR count). The normalized spacial score (nSPS) is 17.1. The van der Waals surface area contributed by atoms with Crippen LogP contribution < -0.4 is 26.4 Å². The van der Waals surface area contributed by atoms with Crippen LogP contribution in [0, 0.1) is 0 Å². The molecule has 174 valence electrons. The highest BCUT2D eigenvalue weighted by Gasteiger charge is 2.30. The molecule has 2 aliphatic heterocycles. The molecule has 3 aromatic rings. The van der Waals surface area contributed by atoms with Crippen molar-refractivity contribution in [3.8, 4) is 17.2 Å². The molecule has 1 unspecified atom stereocenters. The van der Waals surface area contributed by atoms with Crippen molar-refractivity contribution in [3.05, 3.63) is 75.8 Å². The summed E-state index contributed by atoms with van der Waals surface area (Å²) in [4.78, 5) is 38.2. The van der Waals surface area contributed by atoms with Crippen molar-refractivity contribution in [1.82, 2.24) is 19.4 Å². The van der Waals surface area contributed by atoms with Crippen LogP contribution in [0.25, 0.3) is 18.0 Å². The van der Waals surface area contributed by atoms with Gasteiger partial charge >= 0.3 is 17.6 Å². The van der Waals surface area contributed by atoms with Crippen LogP contribution in [0.3, 0.4) is 0 Å². The van der Waals surface area contributed by atoms with Gasteiger partial charge in [-0.25, -0.2) is 9.59 Å². The second-order valence-corrected chi connectivity index (χ2v) is 8.28. The number of nitrogens with one attached hydrogen (secondary N) is 1. The van der Waals surface area contributed by atoms with Crippen molar-refractivity contribution in [3.63, 3.8) is 0 Å². The number of aromatic nitrogens is 2. The summed E-state index contributed by atoms with van der Waals surface area (Å²) >= 11 is 0. The third kappa shape index (κ3) is 3.96. The van der Waals surface area contributed by atoms with Gasteiger partial charge in [-0.15, -0.1) is 0 Å². The Hall–Kier alpha value is -4.27. The molecule has 0 radical (unpaired) electrons. The molecule has 0 saturated carbocycles. The highest BCUT2D eigenvalue weighted by molar-refractivity contribution is 6.31.